The van der Waals surface area contributed by atoms with E-state index in [1.807, 2.05) is 54.5 Å². The number of piperidine rings is 1. The molecule has 1 N–H and O–H groups in total. The van der Waals surface area contributed by atoms with Gasteiger partial charge in [-0.15, -0.1) is 11.8 Å². The molecule has 0 unspecified atom stereocenters. The number of halogens is 1. The Morgan fingerprint density at radius 2 is 1.83 bits per heavy atom. The summed E-state index contributed by atoms with van der Waals surface area (Å²) in [6.45, 7) is 3.13. The SMILES string of the molecule is CSC1=NC2(CCN(C(=O)Nc3cccc(Cl)c3C)CC2)N=C1c1ccccc1. The van der Waals surface area contributed by atoms with E-state index in [0.717, 1.165) is 40.4 Å². The van der Waals surface area contributed by atoms with Crippen molar-refractivity contribution < 1.29 is 4.79 Å². The lowest BCUT2D eigenvalue weighted by molar-refractivity contribution is 0.175. The Balaban J connectivity index is 1.46. The number of nitrogens with one attached hydrogen (secondary N) is 1. The zero-order valence-electron chi connectivity index (χ0n) is 16.5. The number of hydrogen-bond acceptors (Lipinski definition) is 4. The van der Waals surface area contributed by atoms with E-state index in [9.17, 15) is 4.79 Å². The normalized spacial score (nSPS) is 17.8. The maximum atomic E-state index is 12.7. The summed E-state index contributed by atoms with van der Waals surface area (Å²) in [5.41, 5.74) is 3.22. The summed E-state index contributed by atoms with van der Waals surface area (Å²) in [6, 6.07) is 15.6. The van der Waals surface area contributed by atoms with Crippen molar-refractivity contribution in [3.05, 3.63) is 64.7 Å². The van der Waals surface area contributed by atoms with Crippen LogP contribution in [0.15, 0.2) is 58.5 Å². The van der Waals surface area contributed by atoms with Crippen molar-refractivity contribution in [2.45, 2.75) is 25.4 Å². The molecule has 2 aliphatic rings. The van der Waals surface area contributed by atoms with E-state index in [1.54, 1.807) is 11.8 Å². The average molecular weight is 427 g/mol. The zero-order valence-corrected chi connectivity index (χ0v) is 18.1. The molecule has 2 aromatic carbocycles. The second kappa shape index (κ2) is 8.20. The molecule has 4 rings (SSSR count). The monoisotopic (exact) mass is 426 g/mol. The summed E-state index contributed by atoms with van der Waals surface area (Å²) in [5.74, 6) is 0. The molecular weight excluding hydrogens is 404 g/mol. The fourth-order valence-corrected chi connectivity index (χ4v) is 4.47. The van der Waals surface area contributed by atoms with E-state index >= 15 is 0 Å². The minimum atomic E-state index is -0.452. The molecule has 150 valence electrons. The van der Waals surface area contributed by atoms with Gasteiger partial charge >= 0.3 is 6.03 Å². The van der Waals surface area contributed by atoms with Gasteiger partial charge in [-0.3, -0.25) is 4.99 Å². The molecule has 7 heteroatoms. The number of anilines is 1. The highest BCUT2D eigenvalue weighted by molar-refractivity contribution is 8.15. The molecule has 2 aliphatic heterocycles. The van der Waals surface area contributed by atoms with Gasteiger partial charge in [-0.25, -0.2) is 9.79 Å². The van der Waals surface area contributed by atoms with Gasteiger partial charge in [-0.2, -0.15) is 0 Å². The van der Waals surface area contributed by atoms with E-state index in [4.69, 9.17) is 21.6 Å². The lowest BCUT2D eigenvalue weighted by Gasteiger charge is -2.35. The maximum Gasteiger partial charge on any atom is 0.321 e. The predicted molar refractivity (Wildman–Crippen MR) is 123 cm³/mol. The predicted octanol–water partition coefficient (Wildman–Crippen LogP) is 5.24. The standard InChI is InChI=1S/C22H23ClN4OS/c1-15-17(23)9-6-10-18(15)24-21(28)27-13-11-22(12-14-27)25-19(20(26-22)29-2)16-7-4-3-5-8-16/h3-10H,11-14H2,1-2H3,(H,24,28). The first-order valence-corrected chi connectivity index (χ1v) is 11.2. The van der Waals surface area contributed by atoms with Crippen LogP contribution in [0.25, 0.3) is 0 Å². The molecule has 29 heavy (non-hydrogen) atoms. The molecular formula is C22H23ClN4OS. The molecule has 1 spiro atoms. The minimum absolute atomic E-state index is 0.107. The number of thioether (sulfide) groups is 1. The van der Waals surface area contributed by atoms with Gasteiger partial charge in [0.25, 0.3) is 0 Å². The van der Waals surface area contributed by atoms with Gasteiger partial charge in [-0.1, -0.05) is 48.0 Å². The molecule has 1 saturated heterocycles. The highest BCUT2D eigenvalue weighted by atomic mass is 35.5. The summed E-state index contributed by atoms with van der Waals surface area (Å²) in [5, 5.41) is 4.60. The quantitative estimate of drug-likeness (QED) is 0.714. The summed E-state index contributed by atoms with van der Waals surface area (Å²) in [7, 11) is 0. The third-order valence-corrected chi connectivity index (χ3v) is 6.51. The number of urea groups is 1. The molecule has 5 nitrogen and oxygen atoms in total. The van der Waals surface area contributed by atoms with Crippen molar-refractivity contribution in [1.82, 2.24) is 4.90 Å². The van der Waals surface area contributed by atoms with E-state index in [2.05, 4.69) is 17.4 Å². The summed E-state index contributed by atoms with van der Waals surface area (Å²) in [6.07, 6.45) is 3.47. The number of nitrogens with zero attached hydrogens (tertiary/aromatic N) is 3. The Morgan fingerprint density at radius 3 is 2.52 bits per heavy atom. The van der Waals surface area contributed by atoms with Crippen LogP contribution < -0.4 is 5.32 Å². The molecule has 0 bridgehead atoms. The van der Waals surface area contributed by atoms with Crippen LogP contribution in [0.3, 0.4) is 0 Å². The highest BCUT2D eigenvalue weighted by Crippen LogP contribution is 2.35. The van der Waals surface area contributed by atoms with E-state index in [1.165, 1.54) is 0 Å². The van der Waals surface area contributed by atoms with Crippen LogP contribution in [0.2, 0.25) is 5.02 Å². The number of likely N-dealkylation sites (tertiary alicyclic amines) is 1. The molecule has 2 amide bonds. The molecule has 2 heterocycles. The summed E-state index contributed by atoms with van der Waals surface area (Å²) < 4.78 is 0. The fraction of sp³-hybridized carbons (Fsp3) is 0.318. The molecule has 0 saturated carbocycles. The van der Waals surface area contributed by atoms with Crippen LogP contribution in [0.1, 0.15) is 24.0 Å². The molecule has 0 aliphatic carbocycles. The van der Waals surface area contributed by atoms with Crippen molar-refractivity contribution in [2.24, 2.45) is 9.98 Å². The number of benzene rings is 2. The minimum Gasteiger partial charge on any atom is -0.324 e. The number of carbonyl (C=O) groups is 1. The average Bonchev–Trinajstić information content (AvgIpc) is 3.11. The number of hydrogen-bond donors (Lipinski definition) is 1. The van der Waals surface area contributed by atoms with Crippen molar-refractivity contribution >= 4 is 45.8 Å². The first-order valence-electron chi connectivity index (χ1n) is 9.62. The zero-order chi connectivity index (χ0) is 20.4. The number of amides is 2. The van der Waals surface area contributed by atoms with Gasteiger partial charge in [-0.05, 0) is 30.9 Å². The fourth-order valence-electron chi connectivity index (χ4n) is 3.68. The Hall–Kier alpha value is -2.31. The van der Waals surface area contributed by atoms with Gasteiger partial charge in [0.1, 0.15) is 5.04 Å². The third kappa shape index (κ3) is 4.05. The lowest BCUT2D eigenvalue weighted by Crippen LogP contribution is -2.46. The summed E-state index contributed by atoms with van der Waals surface area (Å²) >= 11 is 7.79. The number of aliphatic imine (C=N–C) groups is 2. The van der Waals surface area contributed by atoms with Crippen LogP contribution in [0.5, 0.6) is 0 Å². The maximum absolute atomic E-state index is 12.7. The van der Waals surface area contributed by atoms with Crippen LogP contribution in [0.4, 0.5) is 10.5 Å². The first-order chi connectivity index (χ1) is 14.0. The van der Waals surface area contributed by atoms with Crippen LogP contribution in [-0.4, -0.2) is 46.7 Å². The smallest absolute Gasteiger partial charge is 0.321 e. The van der Waals surface area contributed by atoms with Crippen LogP contribution in [-0.2, 0) is 0 Å². The van der Waals surface area contributed by atoms with Crippen molar-refractivity contribution in [3.8, 4) is 0 Å². The Bertz CT molecular complexity index is 982. The molecule has 2 aromatic rings. The second-order valence-corrected chi connectivity index (χ2v) is 8.46. The van der Waals surface area contributed by atoms with Gasteiger partial charge in [0, 0.05) is 42.2 Å². The van der Waals surface area contributed by atoms with Gasteiger partial charge in [0.05, 0.1) is 5.71 Å². The Kier molecular flexibility index (Phi) is 5.65. The summed E-state index contributed by atoms with van der Waals surface area (Å²) in [4.78, 5) is 24.5. The van der Waals surface area contributed by atoms with Gasteiger partial charge in [0.2, 0.25) is 0 Å². The van der Waals surface area contributed by atoms with Gasteiger partial charge in [0.15, 0.2) is 5.66 Å². The molecule has 0 radical (unpaired) electrons. The first kappa shape index (κ1) is 20.0. The Labute approximate surface area is 180 Å². The lowest BCUT2D eigenvalue weighted by atomic mass is 9.98. The number of carbonyl (C=O) groups excluding carboxylic acids is 1. The molecule has 0 aromatic heterocycles. The van der Waals surface area contributed by atoms with E-state index in [-0.39, 0.29) is 6.03 Å². The topological polar surface area (TPSA) is 57.1 Å². The van der Waals surface area contributed by atoms with E-state index in [0.29, 0.717) is 18.1 Å². The van der Waals surface area contributed by atoms with Crippen LogP contribution >= 0.6 is 23.4 Å². The largest absolute Gasteiger partial charge is 0.324 e. The van der Waals surface area contributed by atoms with Crippen molar-refractivity contribution in [1.29, 1.82) is 0 Å². The van der Waals surface area contributed by atoms with Crippen molar-refractivity contribution in [3.63, 3.8) is 0 Å². The van der Waals surface area contributed by atoms with Crippen molar-refractivity contribution in [2.75, 3.05) is 24.7 Å². The van der Waals surface area contributed by atoms with Gasteiger partial charge < -0.3 is 10.2 Å². The number of rotatable bonds is 2. The van der Waals surface area contributed by atoms with E-state index < -0.39 is 5.66 Å². The third-order valence-electron chi connectivity index (χ3n) is 5.43. The second-order valence-electron chi connectivity index (χ2n) is 7.26. The Morgan fingerprint density at radius 1 is 1.10 bits per heavy atom. The molecule has 1 fully saturated rings. The highest BCUT2D eigenvalue weighted by Gasteiger charge is 2.40. The molecule has 0 atom stereocenters. The van der Waals surface area contributed by atoms with Crippen LogP contribution in [0, 0.1) is 6.92 Å².